The van der Waals surface area contributed by atoms with Crippen molar-refractivity contribution in [2.75, 3.05) is 13.1 Å². The van der Waals surface area contributed by atoms with Crippen LogP contribution in [0.2, 0.25) is 0 Å². The van der Waals surface area contributed by atoms with Gasteiger partial charge in [0.05, 0.1) is 28.7 Å². The summed E-state index contributed by atoms with van der Waals surface area (Å²) in [4.78, 5) is 18.0. The molecule has 3 heterocycles. The monoisotopic (exact) mass is 459 g/mol. The van der Waals surface area contributed by atoms with E-state index in [9.17, 15) is 9.18 Å². The minimum Gasteiger partial charge on any atom is -0.326 e. The van der Waals surface area contributed by atoms with Gasteiger partial charge in [-0.3, -0.25) is 9.13 Å². The Kier molecular flexibility index (Phi) is 5.17. The summed E-state index contributed by atoms with van der Waals surface area (Å²) in [5.41, 5.74) is 6.37. The Bertz CT molecular complexity index is 1430. The Balaban J connectivity index is 1.55. The second kappa shape index (κ2) is 8.24. The first-order valence-corrected chi connectivity index (χ1v) is 12.3. The number of aryl methyl sites for hydroxylation is 2. The molecule has 2 fully saturated rings. The van der Waals surface area contributed by atoms with Crippen LogP contribution in [0.4, 0.5) is 4.39 Å². The van der Waals surface area contributed by atoms with E-state index in [0.29, 0.717) is 11.6 Å². The minimum absolute atomic E-state index is 0.0573. The highest BCUT2D eigenvalue weighted by atomic mass is 19.1. The van der Waals surface area contributed by atoms with Crippen molar-refractivity contribution >= 4 is 11.0 Å². The molecule has 0 spiro atoms. The van der Waals surface area contributed by atoms with Gasteiger partial charge >= 0.3 is 5.69 Å². The van der Waals surface area contributed by atoms with Crippen LogP contribution in [-0.4, -0.2) is 31.8 Å². The lowest BCUT2D eigenvalue weighted by Crippen LogP contribution is -2.24. The Morgan fingerprint density at radius 1 is 1.00 bits per heavy atom. The van der Waals surface area contributed by atoms with Gasteiger partial charge in [0.2, 0.25) is 0 Å². The fourth-order valence-corrected chi connectivity index (χ4v) is 5.83. The molecule has 0 bridgehead atoms. The summed E-state index contributed by atoms with van der Waals surface area (Å²) in [6.45, 7) is 3.65. The molecule has 176 valence electrons. The normalized spacial score (nSPS) is 19.0. The Hall–Kier alpha value is -3.19. The van der Waals surface area contributed by atoms with Crippen LogP contribution in [0.15, 0.2) is 47.5 Å². The zero-order valence-corrected chi connectivity index (χ0v) is 19.7. The lowest BCUT2D eigenvalue weighted by molar-refractivity contribution is 0.509. The van der Waals surface area contributed by atoms with Crippen molar-refractivity contribution in [3.63, 3.8) is 0 Å². The maximum atomic E-state index is 14.0. The van der Waals surface area contributed by atoms with Gasteiger partial charge in [-0.15, -0.1) is 0 Å². The van der Waals surface area contributed by atoms with Gasteiger partial charge in [-0.2, -0.15) is 0 Å². The van der Waals surface area contributed by atoms with Crippen LogP contribution in [0, 0.1) is 12.7 Å². The van der Waals surface area contributed by atoms with Gasteiger partial charge in [-0.1, -0.05) is 18.9 Å². The summed E-state index contributed by atoms with van der Waals surface area (Å²) >= 11 is 0. The van der Waals surface area contributed by atoms with Gasteiger partial charge in [-0.25, -0.2) is 14.2 Å². The maximum Gasteiger partial charge on any atom is 0.329 e. The second-order valence-corrected chi connectivity index (χ2v) is 9.81. The Labute approximate surface area is 198 Å². The van der Waals surface area contributed by atoms with Crippen molar-refractivity contribution in [3.8, 4) is 22.5 Å². The Morgan fingerprint density at radius 2 is 1.79 bits per heavy atom. The molecule has 1 N–H and O–H groups in total. The molecule has 6 rings (SSSR count). The molecule has 2 aromatic carbocycles. The molecule has 1 atom stereocenters. The van der Waals surface area contributed by atoms with Crippen LogP contribution >= 0.6 is 0 Å². The van der Waals surface area contributed by atoms with Crippen molar-refractivity contribution in [2.45, 2.75) is 51.1 Å². The summed E-state index contributed by atoms with van der Waals surface area (Å²) < 4.78 is 20.0. The smallest absolute Gasteiger partial charge is 0.326 e. The molecule has 0 amide bonds. The van der Waals surface area contributed by atoms with Crippen molar-refractivity contribution in [2.24, 2.45) is 7.05 Å². The molecule has 34 heavy (non-hydrogen) atoms. The summed E-state index contributed by atoms with van der Waals surface area (Å²) in [5, 5.41) is 3.45. The molecule has 1 aliphatic heterocycles. The number of halogens is 1. The van der Waals surface area contributed by atoms with E-state index in [1.165, 1.54) is 18.9 Å². The zero-order chi connectivity index (χ0) is 23.4. The van der Waals surface area contributed by atoms with E-state index in [2.05, 4.69) is 28.1 Å². The van der Waals surface area contributed by atoms with E-state index >= 15 is 0 Å². The fourth-order valence-electron chi connectivity index (χ4n) is 5.83. The zero-order valence-electron chi connectivity index (χ0n) is 19.7. The molecule has 0 unspecified atom stereocenters. The van der Waals surface area contributed by atoms with Crippen LogP contribution in [0.25, 0.3) is 33.5 Å². The van der Waals surface area contributed by atoms with Crippen molar-refractivity contribution in [1.29, 1.82) is 0 Å². The van der Waals surface area contributed by atoms with Gasteiger partial charge in [0.25, 0.3) is 0 Å². The molecule has 1 aliphatic carbocycles. The number of hydrogen-bond donors (Lipinski definition) is 1. The largest absolute Gasteiger partial charge is 0.329 e. The molecule has 1 saturated heterocycles. The van der Waals surface area contributed by atoms with Crippen molar-refractivity contribution in [1.82, 2.24) is 24.0 Å². The maximum absolute atomic E-state index is 14.0. The van der Waals surface area contributed by atoms with Crippen molar-refractivity contribution < 1.29 is 4.39 Å². The number of hydrogen-bond acceptors (Lipinski definition) is 3. The second-order valence-electron chi connectivity index (χ2n) is 9.81. The summed E-state index contributed by atoms with van der Waals surface area (Å²) in [7, 11) is 1.86. The minimum atomic E-state index is -0.214. The molecule has 2 aromatic heterocycles. The summed E-state index contributed by atoms with van der Waals surface area (Å²) in [6, 6.07) is 12.1. The predicted octanol–water partition coefficient (Wildman–Crippen LogP) is 4.97. The number of rotatable bonds is 4. The van der Waals surface area contributed by atoms with Crippen LogP contribution in [0.3, 0.4) is 0 Å². The van der Waals surface area contributed by atoms with Gasteiger partial charge in [-0.05, 0) is 68.6 Å². The number of imidazole rings is 2. The molecule has 2 aliphatic rings. The first-order valence-electron chi connectivity index (χ1n) is 12.3. The van der Waals surface area contributed by atoms with E-state index in [0.717, 1.165) is 65.9 Å². The standard InChI is InChI=1S/C27H30FN5O/c1-17-13-18(7-9-22(17)28)25-26(32(16-30-25)21-11-12-29-15-21)19-8-10-23-24(14-19)31(2)27(34)33(23)20-5-3-4-6-20/h7-10,13-14,16,20-21,29H,3-6,11-12,15H2,1-2H3/t21-/m1/s1. The van der Waals surface area contributed by atoms with E-state index in [4.69, 9.17) is 4.98 Å². The highest BCUT2D eigenvalue weighted by Crippen LogP contribution is 2.37. The summed E-state index contributed by atoms with van der Waals surface area (Å²) in [6.07, 6.45) is 7.44. The quantitative estimate of drug-likeness (QED) is 0.469. The molecular formula is C27H30FN5O. The van der Waals surface area contributed by atoms with Crippen LogP contribution in [0.5, 0.6) is 0 Å². The fraction of sp³-hybridized carbons (Fsp3) is 0.407. The summed E-state index contributed by atoms with van der Waals surface area (Å²) in [5.74, 6) is -0.214. The number of nitrogens with zero attached hydrogens (tertiary/aromatic N) is 4. The third-order valence-electron chi connectivity index (χ3n) is 7.71. The molecule has 6 nitrogen and oxygen atoms in total. The third-order valence-corrected chi connectivity index (χ3v) is 7.71. The lowest BCUT2D eigenvalue weighted by atomic mass is 10.0. The topological polar surface area (TPSA) is 56.8 Å². The SMILES string of the molecule is Cc1cc(-c2ncn([C@@H]3CCNC3)c2-c2ccc3c(c2)n(C)c(=O)n3C2CCCC2)ccc1F. The van der Waals surface area contributed by atoms with E-state index in [-0.39, 0.29) is 17.5 Å². The van der Waals surface area contributed by atoms with Gasteiger partial charge in [0.1, 0.15) is 5.82 Å². The average Bonchev–Trinajstić information content (AvgIpc) is 3.63. The van der Waals surface area contributed by atoms with E-state index in [1.807, 2.05) is 24.0 Å². The van der Waals surface area contributed by atoms with Gasteiger partial charge in [0, 0.05) is 36.8 Å². The van der Waals surface area contributed by atoms with Crippen molar-refractivity contribution in [3.05, 3.63) is 64.6 Å². The highest BCUT2D eigenvalue weighted by Gasteiger charge is 2.26. The number of nitrogens with one attached hydrogen (secondary N) is 1. The highest BCUT2D eigenvalue weighted by molar-refractivity contribution is 5.86. The number of fused-ring (bicyclic) bond motifs is 1. The molecule has 1 saturated carbocycles. The first-order chi connectivity index (χ1) is 16.5. The molecule has 7 heteroatoms. The third kappa shape index (κ3) is 3.33. The number of aromatic nitrogens is 4. The molecule has 4 aromatic rings. The molecular weight excluding hydrogens is 429 g/mol. The first kappa shape index (κ1) is 21.4. The van der Waals surface area contributed by atoms with E-state index in [1.54, 1.807) is 17.6 Å². The molecule has 0 radical (unpaired) electrons. The van der Waals surface area contributed by atoms with Crippen LogP contribution in [-0.2, 0) is 7.05 Å². The number of benzene rings is 2. The van der Waals surface area contributed by atoms with E-state index < -0.39 is 0 Å². The van der Waals surface area contributed by atoms with Gasteiger partial charge in [0.15, 0.2) is 0 Å². The van der Waals surface area contributed by atoms with Crippen LogP contribution in [0.1, 0.15) is 49.8 Å². The Morgan fingerprint density at radius 3 is 2.53 bits per heavy atom. The average molecular weight is 460 g/mol. The lowest BCUT2D eigenvalue weighted by Gasteiger charge is -2.17. The predicted molar refractivity (Wildman–Crippen MR) is 133 cm³/mol. The van der Waals surface area contributed by atoms with Gasteiger partial charge < -0.3 is 9.88 Å². The van der Waals surface area contributed by atoms with Crippen LogP contribution < -0.4 is 11.0 Å².